The molecule has 26 heavy (non-hydrogen) atoms. The molecule has 0 saturated heterocycles. The molecule has 1 aromatic carbocycles. The second-order valence-corrected chi connectivity index (χ2v) is 20.9. The summed E-state index contributed by atoms with van der Waals surface area (Å²) in [5.74, 6) is 0. The Kier molecular flexibility index (Phi) is 11.3. The summed E-state index contributed by atoms with van der Waals surface area (Å²) in [5, 5.41) is 3.21. The Hall–Kier alpha value is -0.771. The van der Waals surface area contributed by atoms with Gasteiger partial charge in [0.05, 0.1) is 0 Å². The number of carbonyl (C=O) groups is 1. The fourth-order valence-electron chi connectivity index (χ4n) is 3.76. The molecule has 1 rings (SSSR count). The SMILES string of the molecule is CCC[CH2][Sn]([CH2]CCC)([CH2]CCC)/[C](=C/c1ccc(C)c(C)c1)NC=O. The van der Waals surface area contributed by atoms with Gasteiger partial charge in [-0.3, -0.25) is 0 Å². The van der Waals surface area contributed by atoms with Crippen LogP contribution in [0.3, 0.4) is 0 Å². The zero-order valence-corrected chi connectivity index (χ0v) is 20.5. The molecule has 0 aromatic heterocycles. The number of hydrogen-bond acceptors (Lipinski definition) is 1. The summed E-state index contributed by atoms with van der Waals surface area (Å²) in [6.45, 7) is 11.2. The molecule has 0 bridgehead atoms. The first-order chi connectivity index (χ1) is 12.5. The normalized spacial score (nSPS) is 12.3. The van der Waals surface area contributed by atoms with Crippen molar-refractivity contribution < 1.29 is 4.79 Å². The summed E-state index contributed by atoms with van der Waals surface area (Å²) in [5.41, 5.74) is 3.88. The van der Waals surface area contributed by atoms with Gasteiger partial charge in [0.15, 0.2) is 0 Å². The zero-order chi connectivity index (χ0) is 19.4. The second kappa shape index (κ2) is 12.6. The molecule has 0 atom stereocenters. The fraction of sp³-hybridized carbons (Fsp3) is 0.609. The molecular formula is C23H39NOSn. The summed E-state index contributed by atoms with van der Waals surface area (Å²) in [6, 6.07) is 6.66. The first kappa shape index (κ1) is 23.3. The topological polar surface area (TPSA) is 29.1 Å². The molecular weight excluding hydrogens is 425 g/mol. The van der Waals surface area contributed by atoms with Crippen LogP contribution in [-0.4, -0.2) is 24.8 Å². The molecule has 1 N–H and O–H groups in total. The van der Waals surface area contributed by atoms with Crippen LogP contribution in [-0.2, 0) is 4.79 Å². The number of rotatable bonds is 13. The monoisotopic (exact) mass is 465 g/mol. The van der Waals surface area contributed by atoms with Gasteiger partial charge in [-0.1, -0.05) is 0 Å². The number of carbonyl (C=O) groups excluding carboxylic acids is 1. The Labute approximate surface area is 165 Å². The number of unbranched alkanes of at least 4 members (excludes halogenated alkanes) is 3. The van der Waals surface area contributed by atoms with Gasteiger partial charge in [0.2, 0.25) is 0 Å². The fourth-order valence-corrected chi connectivity index (χ4v) is 19.4. The maximum atomic E-state index is 11.5. The van der Waals surface area contributed by atoms with E-state index >= 15 is 0 Å². The second-order valence-electron chi connectivity index (χ2n) is 7.75. The molecule has 0 radical (unpaired) electrons. The Morgan fingerprint density at radius 3 is 1.88 bits per heavy atom. The van der Waals surface area contributed by atoms with E-state index in [1.54, 1.807) is 0 Å². The number of nitrogens with one attached hydrogen (secondary N) is 1. The number of amides is 1. The van der Waals surface area contributed by atoms with Crippen LogP contribution in [0.4, 0.5) is 0 Å². The summed E-state index contributed by atoms with van der Waals surface area (Å²) >= 11 is -2.62. The van der Waals surface area contributed by atoms with Gasteiger partial charge in [0.1, 0.15) is 0 Å². The van der Waals surface area contributed by atoms with E-state index in [-0.39, 0.29) is 0 Å². The van der Waals surface area contributed by atoms with Gasteiger partial charge in [0.25, 0.3) is 0 Å². The van der Waals surface area contributed by atoms with Gasteiger partial charge in [-0.2, -0.15) is 0 Å². The van der Waals surface area contributed by atoms with Crippen LogP contribution in [0.5, 0.6) is 0 Å². The number of aryl methyl sites for hydroxylation is 2. The third-order valence-corrected chi connectivity index (χ3v) is 21.0. The van der Waals surface area contributed by atoms with Gasteiger partial charge in [-0.15, -0.1) is 0 Å². The van der Waals surface area contributed by atoms with E-state index in [0.29, 0.717) is 0 Å². The minimum absolute atomic E-state index is 0.919. The van der Waals surface area contributed by atoms with E-state index in [9.17, 15) is 4.79 Å². The van der Waals surface area contributed by atoms with E-state index in [1.165, 1.54) is 72.2 Å². The molecule has 146 valence electrons. The first-order valence-electron chi connectivity index (χ1n) is 10.5. The van der Waals surface area contributed by atoms with Crippen molar-refractivity contribution >= 4 is 30.9 Å². The quantitative estimate of drug-likeness (QED) is 0.253. The van der Waals surface area contributed by atoms with Crippen LogP contribution < -0.4 is 5.32 Å². The average Bonchev–Trinajstić information content (AvgIpc) is 2.64. The molecule has 1 aromatic rings. The molecule has 2 nitrogen and oxygen atoms in total. The molecule has 0 heterocycles. The standard InChI is InChI=1S/C11H12NO.3C4H9.Sn/c1-9-3-4-11(7-10(9)2)5-6-12-8-13;3*1-3-4-2;/h3-5,7-8H,1-2H3,(H,12,13);3*1,3-4H2,2H3;. The van der Waals surface area contributed by atoms with E-state index in [0.717, 1.165) is 6.41 Å². The third kappa shape index (κ3) is 7.09. The molecule has 0 fully saturated rings. The first-order valence-corrected chi connectivity index (χ1v) is 18.0. The van der Waals surface area contributed by atoms with Crippen molar-refractivity contribution in [3.05, 3.63) is 38.6 Å². The van der Waals surface area contributed by atoms with Crippen LogP contribution in [0.15, 0.2) is 21.9 Å². The summed E-state index contributed by atoms with van der Waals surface area (Å²) in [4.78, 5) is 11.5. The Balaban J connectivity index is 3.35. The molecule has 3 heteroatoms. The van der Waals surface area contributed by atoms with Crippen LogP contribution in [0, 0.1) is 13.8 Å². The molecule has 1 amide bonds. The average molecular weight is 464 g/mol. The van der Waals surface area contributed by atoms with Crippen molar-refractivity contribution in [1.82, 2.24) is 5.32 Å². The van der Waals surface area contributed by atoms with Gasteiger partial charge < -0.3 is 0 Å². The van der Waals surface area contributed by atoms with Gasteiger partial charge in [-0.05, 0) is 0 Å². The zero-order valence-electron chi connectivity index (χ0n) is 17.7. The molecule has 0 aliphatic rings. The van der Waals surface area contributed by atoms with Crippen molar-refractivity contribution in [3.63, 3.8) is 0 Å². The van der Waals surface area contributed by atoms with Gasteiger partial charge in [0, 0.05) is 0 Å². The van der Waals surface area contributed by atoms with Crippen LogP contribution in [0.1, 0.15) is 76.0 Å². The third-order valence-electron chi connectivity index (χ3n) is 5.65. The molecule has 0 aliphatic heterocycles. The van der Waals surface area contributed by atoms with Gasteiger partial charge in [-0.25, -0.2) is 0 Å². The predicted molar refractivity (Wildman–Crippen MR) is 118 cm³/mol. The van der Waals surface area contributed by atoms with E-state index in [2.05, 4.69) is 64.2 Å². The minimum atomic E-state index is -2.62. The predicted octanol–water partition coefficient (Wildman–Crippen LogP) is 6.78. The molecule has 0 unspecified atom stereocenters. The Morgan fingerprint density at radius 1 is 0.923 bits per heavy atom. The van der Waals surface area contributed by atoms with Crippen molar-refractivity contribution in [2.75, 3.05) is 0 Å². The van der Waals surface area contributed by atoms with Crippen molar-refractivity contribution in [3.8, 4) is 0 Å². The van der Waals surface area contributed by atoms with Crippen molar-refractivity contribution in [1.29, 1.82) is 0 Å². The van der Waals surface area contributed by atoms with Crippen LogP contribution >= 0.6 is 0 Å². The van der Waals surface area contributed by atoms with Gasteiger partial charge >= 0.3 is 166 Å². The summed E-state index contributed by atoms with van der Waals surface area (Å²) in [6.07, 6.45) is 10.9. The number of benzene rings is 1. The van der Waals surface area contributed by atoms with Crippen molar-refractivity contribution in [2.24, 2.45) is 0 Å². The maximum absolute atomic E-state index is 11.5. The Bertz CT molecular complexity index is 558. The molecule has 0 aliphatic carbocycles. The summed E-state index contributed by atoms with van der Waals surface area (Å²) in [7, 11) is 0. The van der Waals surface area contributed by atoms with E-state index < -0.39 is 18.4 Å². The Morgan fingerprint density at radius 2 is 1.46 bits per heavy atom. The number of hydrogen-bond donors (Lipinski definition) is 1. The summed E-state index contributed by atoms with van der Waals surface area (Å²) < 4.78 is 5.42. The van der Waals surface area contributed by atoms with E-state index in [1.807, 2.05) is 0 Å². The molecule has 0 saturated carbocycles. The van der Waals surface area contributed by atoms with E-state index in [4.69, 9.17) is 0 Å². The van der Waals surface area contributed by atoms with Crippen LogP contribution in [0.2, 0.25) is 13.3 Å². The van der Waals surface area contributed by atoms with Crippen molar-refractivity contribution in [2.45, 2.75) is 86.5 Å². The van der Waals surface area contributed by atoms with Crippen LogP contribution in [0.25, 0.3) is 6.08 Å². The molecule has 0 spiro atoms.